The minimum Gasteiger partial charge on any atom is -0.493 e. The number of carbonyl (C=O) groups is 1. The fraction of sp³-hybridized carbons (Fsp3) is 0.316. The Labute approximate surface area is 154 Å². The van der Waals surface area contributed by atoms with E-state index >= 15 is 0 Å². The second-order valence-electron chi connectivity index (χ2n) is 6.21. The second kappa shape index (κ2) is 7.87. The van der Waals surface area contributed by atoms with Crippen LogP contribution in [0.25, 0.3) is 0 Å². The van der Waals surface area contributed by atoms with Crippen molar-refractivity contribution in [3.8, 4) is 11.5 Å². The Balaban J connectivity index is 1.68. The van der Waals surface area contributed by atoms with Crippen molar-refractivity contribution >= 4 is 11.6 Å². The number of hydrogen-bond donors (Lipinski definition) is 1. The fourth-order valence-corrected chi connectivity index (χ4v) is 3.09. The highest BCUT2D eigenvalue weighted by molar-refractivity contribution is 5.92. The number of fused-ring (bicyclic) bond motifs is 1. The lowest BCUT2D eigenvalue weighted by atomic mass is 9.99. The third-order valence-electron chi connectivity index (χ3n) is 4.47. The van der Waals surface area contributed by atoms with Gasteiger partial charge in [0, 0.05) is 13.1 Å². The van der Waals surface area contributed by atoms with Crippen LogP contribution in [0, 0.1) is 17.5 Å². The van der Waals surface area contributed by atoms with E-state index in [1.54, 1.807) is 14.2 Å². The summed E-state index contributed by atoms with van der Waals surface area (Å²) in [7, 11) is 3.12. The molecule has 0 unspecified atom stereocenters. The SMILES string of the molecule is COc1cc2c(cc1OC)CN(CC(=O)Nc1ccc(F)c(F)c1F)CC2. The summed E-state index contributed by atoms with van der Waals surface area (Å²) in [5, 5.41) is 2.28. The molecule has 144 valence electrons. The molecule has 3 rings (SSSR count). The third-order valence-corrected chi connectivity index (χ3v) is 4.47. The van der Waals surface area contributed by atoms with Crippen molar-refractivity contribution in [3.05, 3.63) is 52.8 Å². The van der Waals surface area contributed by atoms with E-state index in [0.29, 0.717) is 31.0 Å². The molecule has 2 aromatic carbocycles. The summed E-state index contributed by atoms with van der Waals surface area (Å²) in [5.74, 6) is -3.58. The Kier molecular flexibility index (Phi) is 5.55. The zero-order valence-electron chi connectivity index (χ0n) is 14.9. The summed E-state index contributed by atoms with van der Waals surface area (Å²) < 4.78 is 50.5. The van der Waals surface area contributed by atoms with Crippen LogP contribution >= 0.6 is 0 Å². The lowest BCUT2D eigenvalue weighted by Gasteiger charge is -2.29. The van der Waals surface area contributed by atoms with Crippen LogP contribution in [-0.4, -0.2) is 38.1 Å². The zero-order chi connectivity index (χ0) is 19.6. The van der Waals surface area contributed by atoms with Gasteiger partial charge in [0.05, 0.1) is 26.5 Å². The van der Waals surface area contributed by atoms with Crippen molar-refractivity contribution in [1.82, 2.24) is 4.90 Å². The Bertz CT molecular complexity index is 874. The summed E-state index contributed by atoms with van der Waals surface area (Å²) in [6, 6.07) is 5.55. The van der Waals surface area contributed by atoms with Crippen LogP contribution in [0.2, 0.25) is 0 Å². The Morgan fingerprint density at radius 2 is 1.74 bits per heavy atom. The molecule has 0 saturated carbocycles. The summed E-state index contributed by atoms with van der Waals surface area (Å²) in [5.41, 5.74) is 1.73. The van der Waals surface area contributed by atoms with Crippen molar-refractivity contribution in [3.63, 3.8) is 0 Å². The van der Waals surface area contributed by atoms with Crippen LogP contribution in [0.4, 0.5) is 18.9 Å². The van der Waals surface area contributed by atoms with Gasteiger partial charge in [-0.1, -0.05) is 0 Å². The van der Waals surface area contributed by atoms with Gasteiger partial charge < -0.3 is 14.8 Å². The first-order valence-corrected chi connectivity index (χ1v) is 8.32. The van der Waals surface area contributed by atoms with Gasteiger partial charge in [0.25, 0.3) is 0 Å². The molecule has 0 radical (unpaired) electrons. The number of anilines is 1. The van der Waals surface area contributed by atoms with Crippen LogP contribution in [0.1, 0.15) is 11.1 Å². The molecule has 0 aromatic heterocycles. The van der Waals surface area contributed by atoms with Gasteiger partial charge in [0.1, 0.15) is 0 Å². The molecule has 0 saturated heterocycles. The molecule has 1 aliphatic rings. The van der Waals surface area contributed by atoms with Gasteiger partial charge in [-0.05, 0) is 41.8 Å². The van der Waals surface area contributed by atoms with Gasteiger partial charge in [-0.2, -0.15) is 0 Å². The fourth-order valence-electron chi connectivity index (χ4n) is 3.09. The molecule has 1 amide bonds. The molecule has 0 fully saturated rings. The van der Waals surface area contributed by atoms with Crippen molar-refractivity contribution < 1.29 is 27.4 Å². The predicted octanol–water partition coefficient (Wildman–Crippen LogP) is 3.12. The molecule has 2 aromatic rings. The van der Waals surface area contributed by atoms with Crippen LogP contribution in [0.15, 0.2) is 24.3 Å². The first-order chi connectivity index (χ1) is 12.9. The number of rotatable bonds is 5. The van der Waals surface area contributed by atoms with E-state index in [-0.39, 0.29) is 12.2 Å². The molecule has 0 aliphatic carbocycles. The zero-order valence-corrected chi connectivity index (χ0v) is 14.9. The number of hydrogen-bond acceptors (Lipinski definition) is 4. The molecular formula is C19H19F3N2O3. The molecule has 0 spiro atoms. The number of nitrogens with zero attached hydrogens (tertiary/aromatic N) is 1. The van der Waals surface area contributed by atoms with Gasteiger partial charge in [0.2, 0.25) is 5.91 Å². The predicted molar refractivity (Wildman–Crippen MR) is 93.5 cm³/mol. The van der Waals surface area contributed by atoms with E-state index in [2.05, 4.69) is 5.32 Å². The summed E-state index contributed by atoms with van der Waals surface area (Å²) in [4.78, 5) is 14.1. The summed E-state index contributed by atoms with van der Waals surface area (Å²) >= 11 is 0. The topological polar surface area (TPSA) is 50.8 Å². The number of halogens is 3. The minimum atomic E-state index is -1.61. The van der Waals surface area contributed by atoms with Crippen molar-refractivity contribution in [2.45, 2.75) is 13.0 Å². The maximum Gasteiger partial charge on any atom is 0.238 e. The normalized spacial score (nSPS) is 13.8. The average molecular weight is 380 g/mol. The van der Waals surface area contributed by atoms with E-state index in [9.17, 15) is 18.0 Å². The first kappa shape index (κ1) is 19.0. The van der Waals surface area contributed by atoms with Gasteiger partial charge in [-0.3, -0.25) is 9.69 Å². The molecule has 1 heterocycles. The molecule has 8 heteroatoms. The van der Waals surface area contributed by atoms with Crippen LogP contribution in [0.5, 0.6) is 11.5 Å². The van der Waals surface area contributed by atoms with E-state index in [0.717, 1.165) is 23.3 Å². The van der Waals surface area contributed by atoms with Crippen molar-refractivity contribution in [2.75, 3.05) is 32.6 Å². The number of carbonyl (C=O) groups excluding carboxylic acids is 1. The second-order valence-corrected chi connectivity index (χ2v) is 6.21. The van der Waals surface area contributed by atoms with E-state index in [1.807, 2.05) is 17.0 Å². The smallest absolute Gasteiger partial charge is 0.238 e. The van der Waals surface area contributed by atoms with Crippen LogP contribution in [0.3, 0.4) is 0 Å². The number of amides is 1. The lowest BCUT2D eigenvalue weighted by molar-refractivity contribution is -0.117. The van der Waals surface area contributed by atoms with E-state index < -0.39 is 23.4 Å². The van der Waals surface area contributed by atoms with E-state index in [4.69, 9.17) is 9.47 Å². The molecule has 27 heavy (non-hydrogen) atoms. The molecule has 0 atom stereocenters. The average Bonchev–Trinajstić information content (AvgIpc) is 2.67. The Morgan fingerprint density at radius 1 is 1.07 bits per heavy atom. The maximum absolute atomic E-state index is 13.7. The van der Waals surface area contributed by atoms with Crippen molar-refractivity contribution in [2.24, 2.45) is 0 Å². The number of methoxy groups -OCH3 is 2. The molecule has 0 bridgehead atoms. The van der Waals surface area contributed by atoms with Gasteiger partial charge >= 0.3 is 0 Å². The molecular weight excluding hydrogens is 361 g/mol. The summed E-state index contributed by atoms with van der Waals surface area (Å²) in [6.07, 6.45) is 0.711. The third kappa shape index (κ3) is 4.00. The maximum atomic E-state index is 13.7. The highest BCUT2D eigenvalue weighted by atomic mass is 19.2. The molecule has 1 N–H and O–H groups in total. The number of nitrogens with one attached hydrogen (secondary N) is 1. The quantitative estimate of drug-likeness (QED) is 0.810. The van der Waals surface area contributed by atoms with E-state index in [1.165, 1.54) is 0 Å². The Hall–Kier alpha value is -2.74. The van der Waals surface area contributed by atoms with Crippen molar-refractivity contribution in [1.29, 1.82) is 0 Å². The number of benzene rings is 2. The van der Waals surface area contributed by atoms with Gasteiger partial charge in [-0.25, -0.2) is 13.2 Å². The monoisotopic (exact) mass is 380 g/mol. The highest BCUT2D eigenvalue weighted by Crippen LogP contribution is 2.33. The largest absolute Gasteiger partial charge is 0.493 e. The minimum absolute atomic E-state index is 0.00772. The van der Waals surface area contributed by atoms with Crippen LogP contribution < -0.4 is 14.8 Å². The highest BCUT2D eigenvalue weighted by Gasteiger charge is 2.22. The standard InChI is InChI=1S/C19H19F3N2O3/c1-26-15-7-11-5-6-24(9-12(11)8-16(15)27-2)10-17(25)23-14-4-3-13(20)18(21)19(14)22/h3-4,7-8H,5-6,9-10H2,1-2H3,(H,23,25). The lowest BCUT2D eigenvalue weighted by Crippen LogP contribution is -2.37. The van der Waals surface area contributed by atoms with Gasteiger partial charge in [-0.15, -0.1) is 0 Å². The van der Waals surface area contributed by atoms with Crippen LogP contribution in [-0.2, 0) is 17.8 Å². The first-order valence-electron chi connectivity index (χ1n) is 8.32. The van der Waals surface area contributed by atoms with Gasteiger partial charge in [0.15, 0.2) is 29.0 Å². The molecule has 5 nitrogen and oxygen atoms in total. The number of ether oxygens (including phenoxy) is 2. The Morgan fingerprint density at radius 3 is 2.41 bits per heavy atom. The summed E-state index contributed by atoms with van der Waals surface area (Å²) in [6.45, 7) is 1.12. The molecule has 1 aliphatic heterocycles.